The fourth-order valence-electron chi connectivity index (χ4n) is 2.18. The Morgan fingerprint density at radius 2 is 1.82 bits per heavy atom. The molecule has 0 unspecified atom stereocenters. The molecule has 4 nitrogen and oxygen atoms in total. The molecule has 2 aromatic rings. The lowest BCUT2D eigenvalue weighted by Crippen LogP contribution is -2.03. The van der Waals surface area contributed by atoms with Gasteiger partial charge in [-0.15, -0.1) is 11.6 Å². The molecule has 0 bridgehead atoms. The number of Topliss-reactive ketones (excluding diaryl/α,β-unsaturated/α-hetero) is 1. The minimum atomic E-state index is -0.601. The predicted molar refractivity (Wildman–Crippen MR) is 84.7 cm³/mol. The molecular formula is C17H15ClO4. The van der Waals surface area contributed by atoms with Crippen LogP contribution in [0, 0.1) is 6.92 Å². The molecule has 0 saturated heterocycles. The summed E-state index contributed by atoms with van der Waals surface area (Å²) in [5.74, 6) is -0.996. The van der Waals surface area contributed by atoms with Crippen molar-refractivity contribution < 1.29 is 19.4 Å². The third-order valence-corrected chi connectivity index (χ3v) is 3.54. The van der Waals surface area contributed by atoms with Gasteiger partial charge in [-0.05, 0) is 30.2 Å². The summed E-state index contributed by atoms with van der Waals surface area (Å²) in [6, 6.07) is 10.0. The minimum absolute atomic E-state index is 0.0818. The van der Waals surface area contributed by atoms with Crippen LogP contribution in [0.1, 0.15) is 26.3 Å². The van der Waals surface area contributed by atoms with Gasteiger partial charge in [-0.1, -0.05) is 24.3 Å². The van der Waals surface area contributed by atoms with Crippen LogP contribution in [0.5, 0.6) is 5.75 Å². The Hall–Kier alpha value is -2.33. The van der Waals surface area contributed by atoms with E-state index in [0.29, 0.717) is 16.7 Å². The molecule has 2 rings (SSSR count). The number of hydrogen-bond acceptors (Lipinski definition) is 4. The van der Waals surface area contributed by atoms with Crippen molar-refractivity contribution >= 4 is 23.4 Å². The quantitative estimate of drug-likeness (QED) is 0.531. The molecule has 0 aliphatic heterocycles. The lowest BCUT2D eigenvalue weighted by molar-refractivity contribution is 0.0597. The highest BCUT2D eigenvalue weighted by molar-refractivity contribution is 6.30. The molecule has 0 aliphatic carbocycles. The van der Waals surface area contributed by atoms with Gasteiger partial charge in [0, 0.05) is 11.1 Å². The summed E-state index contributed by atoms with van der Waals surface area (Å²) in [4.78, 5) is 23.2. The van der Waals surface area contributed by atoms with Crippen LogP contribution < -0.4 is 0 Å². The fourth-order valence-corrected chi connectivity index (χ4v) is 2.33. The standard InChI is InChI=1S/C17H15ClO4/c1-10-7-13(16(20)14(8-10)17(21)22-2)11-3-5-12(6-4-11)15(19)9-18/h3-8,20H,9H2,1-2H3. The monoisotopic (exact) mass is 318 g/mol. The van der Waals surface area contributed by atoms with E-state index in [1.165, 1.54) is 7.11 Å². The van der Waals surface area contributed by atoms with Crippen molar-refractivity contribution in [1.82, 2.24) is 0 Å². The summed E-state index contributed by atoms with van der Waals surface area (Å²) < 4.78 is 4.67. The first-order chi connectivity index (χ1) is 10.5. The number of carbonyl (C=O) groups excluding carboxylic acids is 2. The summed E-state index contributed by atoms with van der Waals surface area (Å²) in [6.07, 6.45) is 0. The van der Waals surface area contributed by atoms with E-state index in [-0.39, 0.29) is 23.0 Å². The molecule has 0 aromatic heterocycles. The molecule has 0 atom stereocenters. The molecule has 5 heteroatoms. The van der Waals surface area contributed by atoms with Crippen molar-refractivity contribution in [3.63, 3.8) is 0 Å². The summed E-state index contributed by atoms with van der Waals surface area (Å²) in [6.45, 7) is 1.82. The number of phenols is 1. The topological polar surface area (TPSA) is 63.6 Å². The van der Waals surface area contributed by atoms with Gasteiger partial charge in [0.05, 0.1) is 13.0 Å². The molecule has 0 heterocycles. The highest BCUT2D eigenvalue weighted by atomic mass is 35.5. The minimum Gasteiger partial charge on any atom is -0.506 e. The third kappa shape index (κ3) is 3.12. The first-order valence-electron chi connectivity index (χ1n) is 6.59. The van der Waals surface area contributed by atoms with Crippen LogP contribution in [0.15, 0.2) is 36.4 Å². The van der Waals surface area contributed by atoms with E-state index in [4.69, 9.17) is 11.6 Å². The molecule has 114 valence electrons. The summed E-state index contributed by atoms with van der Waals surface area (Å²) in [7, 11) is 1.26. The van der Waals surface area contributed by atoms with E-state index in [1.54, 1.807) is 36.4 Å². The highest BCUT2D eigenvalue weighted by Crippen LogP contribution is 2.34. The van der Waals surface area contributed by atoms with Gasteiger partial charge in [0.25, 0.3) is 0 Å². The van der Waals surface area contributed by atoms with Gasteiger partial charge in [0.15, 0.2) is 5.78 Å². The number of ether oxygens (including phenoxy) is 1. The molecule has 1 N–H and O–H groups in total. The number of methoxy groups -OCH3 is 1. The van der Waals surface area contributed by atoms with Gasteiger partial charge in [0.1, 0.15) is 11.3 Å². The van der Waals surface area contributed by atoms with E-state index >= 15 is 0 Å². The normalized spacial score (nSPS) is 10.3. The van der Waals surface area contributed by atoms with Crippen molar-refractivity contribution in [2.45, 2.75) is 6.92 Å². The summed E-state index contributed by atoms with van der Waals surface area (Å²) in [5, 5.41) is 10.3. The largest absolute Gasteiger partial charge is 0.506 e. The van der Waals surface area contributed by atoms with Gasteiger partial charge in [-0.25, -0.2) is 4.79 Å². The Labute approximate surface area is 133 Å². The summed E-state index contributed by atoms with van der Waals surface area (Å²) >= 11 is 5.52. The molecular weight excluding hydrogens is 304 g/mol. The zero-order valence-corrected chi connectivity index (χ0v) is 13.0. The van der Waals surface area contributed by atoms with Gasteiger partial charge in [-0.3, -0.25) is 4.79 Å². The molecule has 0 saturated carbocycles. The molecule has 0 radical (unpaired) electrons. The van der Waals surface area contributed by atoms with Crippen molar-refractivity contribution in [2.75, 3.05) is 13.0 Å². The second-order valence-corrected chi connectivity index (χ2v) is 5.10. The lowest BCUT2D eigenvalue weighted by atomic mass is 9.97. The first-order valence-corrected chi connectivity index (χ1v) is 7.13. The zero-order chi connectivity index (χ0) is 16.3. The number of esters is 1. The van der Waals surface area contributed by atoms with Crippen LogP contribution in [-0.4, -0.2) is 29.8 Å². The van der Waals surface area contributed by atoms with Crippen LogP contribution in [0.3, 0.4) is 0 Å². The maximum absolute atomic E-state index is 11.7. The Morgan fingerprint density at radius 1 is 1.18 bits per heavy atom. The molecule has 2 aromatic carbocycles. The van der Waals surface area contributed by atoms with Crippen molar-refractivity contribution in [3.8, 4) is 16.9 Å². The Morgan fingerprint density at radius 3 is 2.36 bits per heavy atom. The van der Waals surface area contributed by atoms with E-state index in [1.807, 2.05) is 6.92 Å². The number of carbonyl (C=O) groups is 2. The van der Waals surface area contributed by atoms with E-state index < -0.39 is 5.97 Å². The van der Waals surface area contributed by atoms with Crippen molar-refractivity contribution in [2.24, 2.45) is 0 Å². The number of hydrogen-bond donors (Lipinski definition) is 1. The number of aromatic hydroxyl groups is 1. The zero-order valence-electron chi connectivity index (χ0n) is 12.2. The predicted octanol–water partition coefficient (Wildman–Crippen LogP) is 3.58. The van der Waals surface area contributed by atoms with Crippen LogP contribution >= 0.6 is 11.6 Å². The Bertz CT molecular complexity index is 720. The maximum atomic E-state index is 11.7. The molecule has 0 amide bonds. The van der Waals surface area contributed by atoms with Crippen LogP contribution in [0.2, 0.25) is 0 Å². The number of benzene rings is 2. The van der Waals surface area contributed by atoms with E-state index in [2.05, 4.69) is 4.74 Å². The molecule has 0 fully saturated rings. The lowest BCUT2D eigenvalue weighted by Gasteiger charge is -2.11. The van der Waals surface area contributed by atoms with Gasteiger partial charge >= 0.3 is 5.97 Å². The van der Waals surface area contributed by atoms with Crippen LogP contribution in [0.4, 0.5) is 0 Å². The highest BCUT2D eigenvalue weighted by Gasteiger charge is 2.17. The number of aryl methyl sites for hydroxylation is 1. The number of ketones is 1. The number of halogens is 1. The summed E-state index contributed by atoms with van der Waals surface area (Å²) in [5.41, 5.74) is 2.62. The SMILES string of the molecule is COC(=O)c1cc(C)cc(-c2ccc(C(=O)CCl)cc2)c1O. The van der Waals surface area contributed by atoms with E-state index in [0.717, 1.165) is 5.56 Å². The van der Waals surface area contributed by atoms with Crippen molar-refractivity contribution in [1.29, 1.82) is 0 Å². The average molecular weight is 319 g/mol. The second-order valence-electron chi connectivity index (χ2n) is 4.83. The van der Waals surface area contributed by atoms with Crippen LogP contribution in [-0.2, 0) is 4.74 Å². The average Bonchev–Trinajstić information content (AvgIpc) is 2.55. The Balaban J connectivity index is 2.50. The molecule has 0 spiro atoms. The molecule has 22 heavy (non-hydrogen) atoms. The Kier molecular flexibility index (Phi) is 4.83. The smallest absolute Gasteiger partial charge is 0.341 e. The first kappa shape index (κ1) is 16.0. The van der Waals surface area contributed by atoms with Gasteiger partial charge in [0.2, 0.25) is 0 Å². The van der Waals surface area contributed by atoms with Crippen LogP contribution in [0.25, 0.3) is 11.1 Å². The van der Waals surface area contributed by atoms with Gasteiger partial charge in [-0.2, -0.15) is 0 Å². The molecule has 0 aliphatic rings. The second kappa shape index (κ2) is 6.62. The number of alkyl halides is 1. The fraction of sp³-hybridized carbons (Fsp3) is 0.176. The third-order valence-electron chi connectivity index (χ3n) is 3.30. The van der Waals surface area contributed by atoms with E-state index in [9.17, 15) is 14.7 Å². The number of phenolic OH excluding ortho intramolecular Hbond substituents is 1. The maximum Gasteiger partial charge on any atom is 0.341 e. The van der Waals surface area contributed by atoms with Crippen molar-refractivity contribution in [3.05, 3.63) is 53.1 Å². The van der Waals surface area contributed by atoms with Gasteiger partial charge < -0.3 is 9.84 Å². The number of rotatable bonds is 4.